The van der Waals surface area contributed by atoms with Crippen LogP contribution in [-0.4, -0.2) is 44.3 Å². The summed E-state index contributed by atoms with van der Waals surface area (Å²) in [7, 11) is -4.54. The lowest BCUT2D eigenvalue weighted by molar-refractivity contribution is -0.139. The summed E-state index contributed by atoms with van der Waals surface area (Å²) in [6, 6.07) is 14.6. The predicted octanol–water partition coefficient (Wildman–Crippen LogP) is 6.50. The Morgan fingerprint density at radius 2 is 1.65 bits per heavy atom. The molecule has 0 radical (unpaired) electrons. The molecular formula is C31H35ClF3N3O4S. The average molecular weight is 638 g/mol. The summed E-state index contributed by atoms with van der Waals surface area (Å²) >= 11 is 5.81. The molecule has 0 heterocycles. The van der Waals surface area contributed by atoms with Gasteiger partial charge in [-0.1, -0.05) is 72.5 Å². The van der Waals surface area contributed by atoms with Crippen molar-refractivity contribution in [3.05, 3.63) is 94.0 Å². The van der Waals surface area contributed by atoms with Gasteiger partial charge in [-0.25, -0.2) is 8.42 Å². The minimum Gasteiger partial charge on any atom is -0.354 e. The normalized spacial score (nSPS) is 12.5. The van der Waals surface area contributed by atoms with Crippen LogP contribution in [-0.2, 0) is 32.3 Å². The molecule has 0 bridgehead atoms. The van der Waals surface area contributed by atoms with Crippen LogP contribution >= 0.6 is 11.6 Å². The summed E-state index contributed by atoms with van der Waals surface area (Å²) in [5, 5.41) is 2.17. The van der Waals surface area contributed by atoms with Crippen molar-refractivity contribution in [2.75, 3.05) is 17.4 Å². The summed E-state index contributed by atoms with van der Waals surface area (Å²) in [5.41, 5.74) is 0.721. The van der Waals surface area contributed by atoms with Crippen LogP contribution in [0.3, 0.4) is 0 Å². The lowest BCUT2D eigenvalue weighted by atomic mass is 10.1. The van der Waals surface area contributed by atoms with E-state index in [4.69, 9.17) is 11.6 Å². The number of hydrogen-bond acceptors (Lipinski definition) is 4. The number of halogens is 4. The molecule has 232 valence electrons. The smallest absolute Gasteiger partial charge is 0.354 e. The fraction of sp³-hybridized carbons (Fsp3) is 0.355. The minimum absolute atomic E-state index is 0.0320. The quantitative estimate of drug-likeness (QED) is 0.230. The van der Waals surface area contributed by atoms with Gasteiger partial charge < -0.3 is 10.2 Å². The fourth-order valence-corrected chi connectivity index (χ4v) is 6.01. The Labute approximate surface area is 255 Å². The summed E-state index contributed by atoms with van der Waals surface area (Å²) in [6.07, 6.45) is -3.31. The topological polar surface area (TPSA) is 86.8 Å². The number of rotatable bonds is 12. The summed E-state index contributed by atoms with van der Waals surface area (Å²) < 4.78 is 69.7. The van der Waals surface area contributed by atoms with Crippen LogP contribution in [0.2, 0.25) is 5.02 Å². The van der Waals surface area contributed by atoms with Crippen LogP contribution in [0, 0.1) is 13.8 Å². The minimum atomic E-state index is -4.88. The zero-order valence-electron chi connectivity index (χ0n) is 24.4. The van der Waals surface area contributed by atoms with Crippen molar-refractivity contribution in [3.8, 4) is 0 Å². The highest BCUT2D eigenvalue weighted by atomic mass is 35.5. The van der Waals surface area contributed by atoms with Gasteiger partial charge in [0.2, 0.25) is 11.8 Å². The van der Waals surface area contributed by atoms with Crippen LogP contribution in [0.4, 0.5) is 18.9 Å². The van der Waals surface area contributed by atoms with Crippen molar-refractivity contribution in [3.63, 3.8) is 0 Å². The van der Waals surface area contributed by atoms with E-state index in [0.29, 0.717) is 22.5 Å². The maximum Gasteiger partial charge on any atom is 0.417 e. The molecule has 0 spiro atoms. The molecule has 0 aliphatic rings. The van der Waals surface area contributed by atoms with Gasteiger partial charge in [-0.2, -0.15) is 13.2 Å². The van der Waals surface area contributed by atoms with Crippen LogP contribution in [0.25, 0.3) is 0 Å². The molecule has 0 unspecified atom stereocenters. The molecule has 12 heteroatoms. The monoisotopic (exact) mass is 637 g/mol. The third-order valence-electron chi connectivity index (χ3n) is 6.86. The first-order valence-corrected chi connectivity index (χ1v) is 15.6. The number of carbonyl (C=O) groups is 2. The second-order valence-corrected chi connectivity index (χ2v) is 12.6. The number of aryl methyl sites for hydroxylation is 2. The van der Waals surface area contributed by atoms with E-state index in [-0.39, 0.29) is 11.4 Å². The molecule has 2 amide bonds. The Kier molecular flexibility index (Phi) is 11.3. The standard InChI is InChI=1S/C31H35ClF3N3O4S/c1-5-6-16-36-30(40)23(4)37(19-24-9-7-8-22(3)17-24)29(39)20-38(43(41,42)26-13-10-21(2)11-14-26)25-12-15-28(32)27(18-25)31(33,34)35/h7-15,17-18,23H,5-6,16,19-20H2,1-4H3,(H,36,40)/t23-/m0/s1. The van der Waals surface area contributed by atoms with E-state index >= 15 is 0 Å². The van der Waals surface area contributed by atoms with Crippen molar-refractivity contribution >= 4 is 39.1 Å². The van der Waals surface area contributed by atoms with Gasteiger partial charge in [-0.15, -0.1) is 0 Å². The highest BCUT2D eigenvalue weighted by Crippen LogP contribution is 2.38. The zero-order chi connectivity index (χ0) is 31.9. The molecule has 3 aromatic carbocycles. The fourth-order valence-electron chi connectivity index (χ4n) is 4.38. The molecule has 3 aromatic rings. The van der Waals surface area contributed by atoms with Crippen molar-refractivity contribution in [2.45, 2.75) is 64.2 Å². The van der Waals surface area contributed by atoms with Gasteiger partial charge in [0.15, 0.2) is 0 Å². The second kappa shape index (κ2) is 14.3. The van der Waals surface area contributed by atoms with E-state index in [2.05, 4.69) is 5.32 Å². The molecule has 0 fully saturated rings. The van der Waals surface area contributed by atoms with Gasteiger partial charge in [0, 0.05) is 13.1 Å². The Balaban J connectivity index is 2.10. The van der Waals surface area contributed by atoms with E-state index in [1.807, 2.05) is 26.0 Å². The van der Waals surface area contributed by atoms with Crippen LogP contribution in [0.5, 0.6) is 0 Å². The van der Waals surface area contributed by atoms with Gasteiger partial charge >= 0.3 is 6.18 Å². The summed E-state index contributed by atoms with van der Waals surface area (Å²) in [4.78, 5) is 28.0. The zero-order valence-corrected chi connectivity index (χ0v) is 26.0. The van der Waals surface area contributed by atoms with E-state index < -0.39 is 56.9 Å². The Bertz CT molecular complexity index is 1550. The van der Waals surface area contributed by atoms with Gasteiger partial charge in [-0.3, -0.25) is 13.9 Å². The second-order valence-electron chi connectivity index (χ2n) is 10.3. The third kappa shape index (κ3) is 8.73. The van der Waals surface area contributed by atoms with E-state index in [1.165, 1.54) is 24.0 Å². The highest BCUT2D eigenvalue weighted by molar-refractivity contribution is 7.92. The van der Waals surface area contributed by atoms with Crippen molar-refractivity contribution in [1.82, 2.24) is 10.2 Å². The molecule has 0 aliphatic heterocycles. The first-order chi connectivity index (χ1) is 20.1. The number of nitrogens with one attached hydrogen (secondary N) is 1. The Morgan fingerprint density at radius 1 is 0.977 bits per heavy atom. The number of sulfonamides is 1. The molecule has 0 saturated carbocycles. The highest BCUT2D eigenvalue weighted by Gasteiger charge is 2.37. The van der Waals surface area contributed by atoms with Crippen molar-refractivity contribution < 1.29 is 31.2 Å². The first-order valence-electron chi connectivity index (χ1n) is 13.7. The maximum absolute atomic E-state index is 14.0. The van der Waals surface area contributed by atoms with Gasteiger partial charge in [0.05, 0.1) is 21.2 Å². The predicted molar refractivity (Wildman–Crippen MR) is 161 cm³/mol. The summed E-state index contributed by atoms with van der Waals surface area (Å²) in [6.45, 7) is 6.60. The Morgan fingerprint density at radius 3 is 2.26 bits per heavy atom. The number of benzene rings is 3. The molecule has 43 heavy (non-hydrogen) atoms. The van der Waals surface area contributed by atoms with Gasteiger partial charge in [0.25, 0.3) is 10.0 Å². The number of hydrogen-bond donors (Lipinski definition) is 1. The van der Waals surface area contributed by atoms with Gasteiger partial charge in [-0.05, 0) is 63.1 Å². The molecule has 1 N–H and O–H groups in total. The molecule has 0 aliphatic carbocycles. The average Bonchev–Trinajstić information content (AvgIpc) is 2.94. The maximum atomic E-state index is 14.0. The number of carbonyl (C=O) groups excluding carboxylic acids is 2. The molecule has 7 nitrogen and oxygen atoms in total. The summed E-state index contributed by atoms with van der Waals surface area (Å²) in [5.74, 6) is -1.22. The number of amides is 2. The van der Waals surface area contributed by atoms with Crippen LogP contribution in [0.15, 0.2) is 71.6 Å². The lowest BCUT2D eigenvalue weighted by Gasteiger charge is -2.32. The Hall–Kier alpha value is -3.57. The number of nitrogens with zero attached hydrogens (tertiary/aromatic N) is 2. The largest absolute Gasteiger partial charge is 0.417 e. The molecule has 3 rings (SSSR count). The molecule has 1 atom stereocenters. The van der Waals surface area contributed by atoms with Crippen LogP contribution in [0.1, 0.15) is 48.9 Å². The van der Waals surface area contributed by atoms with Gasteiger partial charge in [0.1, 0.15) is 12.6 Å². The molecule has 0 saturated heterocycles. The number of anilines is 1. The van der Waals surface area contributed by atoms with E-state index in [1.54, 1.807) is 31.2 Å². The molecular weight excluding hydrogens is 603 g/mol. The number of alkyl halides is 3. The van der Waals surface area contributed by atoms with Crippen molar-refractivity contribution in [2.24, 2.45) is 0 Å². The first kappa shape index (κ1) is 33.9. The molecule has 0 aromatic heterocycles. The SMILES string of the molecule is CCCCNC(=O)[C@H](C)N(Cc1cccc(C)c1)C(=O)CN(c1ccc(Cl)c(C(F)(F)F)c1)S(=O)(=O)c1ccc(C)cc1. The third-order valence-corrected chi connectivity index (χ3v) is 8.98. The van der Waals surface area contributed by atoms with Crippen molar-refractivity contribution in [1.29, 1.82) is 0 Å². The van der Waals surface area contributed by atoms with E-state index in [9.17, 15) is 31.2 Å². The van der Waals surface area contributed by atoms with E-state index in [0.717, 1.165) is 36.1 Å². The number of unbranched alkanes of at least 4 members (excludes halogenated alkanes) is 1. The lowest BCUT2D eigenvalue weighted by Crippen LogP contribution is -2.51. The van der Waals surface area contributed by atoms with Crippen LogP contribution < -0.4 is 9.62 Å².